The van der Waals surface area contributed by atoms with Crippen molar-refractivity contribution in [1.82, 2.24) is 19.4 Å². The fourth-order valence-corrected chi connectivity index (χ4v) is 6.70. The zero-order valence-electron chi connectivity index (χ0n) is 19.2. The van der Waals surface area contributed by atoms with Gasteiger partial charge in [-0.05, 0) is 60.9 Å². The minimum atomic E-state index is -0.218. The van der Waals surface area contributed by atoms with Gasteiger partial charge in [-0.15, -0.1) is 0 Å². The Bertz CT molecular complexity index is 1450. The van der Waals surface area contributed by atoms with E-state index in [1.54, 1.807) is 18.5 Å². The molecule has 6 rings (SSSR count). The van der Waals surface area contributed by atoms with E-state index in [0.717, 1.165) is 65.0 Å². The molecular weight excluding hydrogens is 485 g/mol. The number of nitrogens with two attached hydrogens (primary N) is 2. The number of aryl methyl sites for hydroxylation is 1. The Morgan fingerprint density at radius 3 is 2.77 bits per heavy atom. The molecule has 1 spiro atoms. The maximum atomic E-state index is 13.8. The molecule has 1 aliphatic heterocycles. The lowest BCUT2D eigenvalue weighted by atomic mass is 9.73. The van der Waals surface area contributed by atoms with E-state index in [1.165, 1.54) is 23.4 Å². The minimum absolute atomic E-state index is 0.0382. The van der Waals surface area contributed by atoms with Gasteiger partial charge < -0.3 is 16.4 Å². The second-order valence-electron chi connectivity index (χ2n) is 9.40. The van der Waals surface area contributed by atoms with Crippen LogP contribution >= 0.6 is 23.4 Å². The molecule has 4 N–H and O–H groups in total. The van der Waals surface area contributed by atoms with Crippen LogP contribution in [0, 0.1) is 18.2 Å². The fraction of sp³-hybridized carbons (Fsp3) is 0.320. The molecule has 3 aromatic heterocycles. The molecule has 1 saturated heterocycles. The van der Waals surface area contributed by atoms with Gasteiger partial charge in [-0.3, -0.25) is 4.40 Å². The van der Waals surface area contributed by atoms with Crippen LogP contribution in [0.2, 0.25) is 5.02 Å². The van der Waals surface area contributed by atoms with E-state index in [1.807, 2.05) is 29.7 Å². The van der Waals surface area contributed by atoms with Crippen molar-refractivity contribution >= 4 is 40.8 Å². The third-order valence-electron chi connectivity index (χ3n) is 7.44. The van der Waals surface area contributed by atoms with Gasteiger partial charge in [0.15, 0.2) is 5.65 Å². The zero-order chi connectivity index (χ0) is 24.3. The first-order valence-corrected chi connectivity index (χ1v) is 12.8. The first-order chi connectivity index (χ1) is 16.9. The van der Waals surface area contributed by atoms with Crippen molar-refractivity contribution in [1.29, 1.82) is 0 Å². The number of halogens is 2. The maximum absolute atomic E-state index is 13.8. The predicted molar refractivity (Wildman–Crippen MR) is 136 cm³/mol. The lowest BCUT2D eigenvalue weighted by Gasteiger charge is -2.42. The average molecular weight is 510 g/mol. The number of nitrogen functional groups attached to an aromatic ring is 1. The Balaban J connectivity index is 1.28. The van der Waals surface area contributed by atoms with Crippen molar-refractivity contribution in [3.63, 3.8) is 0 Å². The number of pyridine rings is 1. The largest absolute Gasteiger partial charge is 0.382 e. The van der Waals surface area contributed by atoms with Gasteiger partial charge in [0.25, 0.3) is 0 Å². The van der Waals surface area contributed by atoms with Gasteiger partial charge in [0.1, 0.15) is 11.6 Å². The molecule has 1 aliphatic carbocycles. The van der Waals surface area contributed by atoms with Crippen molar-refractivity contribution in [2.45, 2.75) is 42.0 Å². The first-order valence-electron chi connectivity index (χ1n) is 11.6. The van der Waals surface area contributed by atoms with Crippen LogP contribution in [0.3, 0.4) is 0 Å². The molecule has 0 unspecified atom stereocenters. The number of nitrogens with zero attached hydrogens (tertiary/aromatic N) is 5. The van der Waals surface area contributed by atoms with E-state index >= 15 is 0 Å². The van der Waals surface area contributed by atoms with Crippen molar-refractivity contribution < 1.29 is 4.39 Å². The number of fused-ring (bicyclic) bond motifs is 2. The van der Waals surface area contributed by atoms with Gasteiger partial charge >= 0.3 is 0 Å². The highest BCUT2D eigenvalue weighted by atomic mass is 35.5. The molecule has 35 heavy (non-hydrogen) atoms. The van der Waals surface area contributed by atoms with Crippen LogP contribution in [0.15, 0.2) is 52.6 Å². The lowest BCUT2D eigenvalue weighted by molar-refractivity contribution is 0.186. The second-order valence-corrected chi connectivity index (χ2v) is 10.8. The van der Waals surface area contributed by atoms with Gasteiger partial charge in [-0.25, -0.2) is 19.3 Å². The monoisotopic (exact) mass is 509 g/mol. The highest BCUT2D eigenvalue weighted by Crippen LogP contribution is 2.51. The molecule has 1 atom stereocenters. The Hall–Kier alpha value is -2.88. The van der Waals surface area contributed by atoms with Crippen molar-refractivity contribution in [3.05, 3.63) is 70.5 Å². The Morgan fingerprint density at radius 1 is 1.17 bits per heavy atom. The molecule has 180 valence electrons. The van der Waals surface area contributed by atoms with E-state index in [-0.39, 0.29) is 17.3 Å². The van der Waals surface area contributed by atoms with E-state index in [4.69, 9.17) is 28.1 Å². The van der Waals surface area contributed by atoms with Crippen molar-refractivity contribution in [3.8, 4) is 0 Å². The lowest BCUT2D eigenvalue weighted by Crippen LogP contribution is -2.45. The standard InChI is InChI=1S/C25H25ClFN7S/c1-14-20(35-18-4-7-30-22(29)19(18)26)23-31-8-11-34(23)24(32-14)33-9-5-25(6-10-33)13-15-2-3-16(27)12-17(15)21(25)28/h2-4,7-8,11-12,21H,5-6,9-10,13,28H2,1H3,(H2,29,30)/t21-/m1/s1. The highest BCUT2D eigenvalue weighted by molar-refractivity contribution is 7.99. The molecule has 10 heteroatoms. The molecule has 4 aromatic rings. The number of hydrogen-bond acceptors (Lipinski definition) is 7. The molecule has 0 saturated carbocycles. The van der Waals surface area contributed by atoms with Crippen LogP contribution in [0.5, 0.6) is 0 Å². The number of benzene rings is 1. The van der Waals surface area contributed by atoms with Crippen LogP contribution in [0.1, 0.15) is 35.7 Å². The summed E-state index contributed by atoms with van der Waals surface area (Å²) in [5.74, 6) is 0.949. The van der Waals surface area contributed by atoms with Crippen molar-refractivity contribution in [2.75, 3.05) is 23.7 Å². The summed E-state index contributed by atoms with van der Waals surface area (Å²) in [4.78, 5) is 17.7. The summed E-state index contributed by atoms with van der Waals surface area (Å²) < 4.78 is 15.9. The smallest absolute Gasteiger partial charge is 0.211 e. The minimum Gasteiger partial charge on any atom is -0.382 e. The van der Waals surface area contributed by atoms with Crippen LogP contribution in [-0.4, -0.2) is 32.4 Å². The topological polar surface area (TPSA) is 98.4 Å². The summed E-state index contributed by atoms with van der Waals surface area (Å²) in [6, 6.07) is 6.74. The summed E-state index contributed by atoms with van der Waals surface area (Å²) in [5, 5.41) is 0.431. The number of anilines is 2. The van der Waals surface area contributed by atoms with Crippen LogP contribution in [0.25, 0.3) is 5.65 Å². The summed E-state index contributed by atoms with van der Waals surface area (Å²) in [7, 11) is 0. The summed E-state index contributed by atoms with van der Waals surface area (Å²) in [6.07, 6.45) is 8.11. The average Bonchev–Trinajstić information content (AvgIpc) is 3.43. The number of aromatic nitrogens is 4. The maximum Gasteiger partial charge on any atom is 0.211 e. The summed E-state index contributed by atoms with van der Waals surface area (Å²) >= 11 is 7.88. The van der Waals surface area contributed by atoms with Gasteiger partial charge in [0, 0.05) is 42.6 Å². The van der Waals surface area contributed by atoms with E-state index in [2.05, 4.69) is 14.9 Å². The second kappa shape index (κ2) is 8.36. The number of hydrogen-bond donors (Lipinski definition) is 2. The molecule has 1 fully saturated rings. The Labute approximate surface area is 211 Å². The molecule has 0 bridgehead atoms. The van der Waals surface area contributed by atoms with Gasteiger partial charge in [0.05, 0.1) is 15.6 Å². The first kappa shape index (κ1) is 22.6. The molecule has 4 heterocycles. The molecular formula is C25H25ClFN7S. The van der Waals surface area contributed by atoms with Crippen LogP contribution < -0.4 is 16.4 Å². The normalized spacial score (nSPS) is 19.0. The summed E-state index contributed by atoms with van der Waals surface area (Å²) in [5.41, 5.74) is 16.4. The quantitative estimate of drug-likeness (QED) is 0.409. The zero-order valence-corrected chi connectivity index (χ0v) is 20.8. The SMILES string of the molecule is Cc1nc(N2CCC3(CC2)Cc2ccc(F)cc2[C@H]3N)n2ccnc2c1Sc1ccnc(N)c1Cl. The highest BCUT2D eigenvalue weighted by Gasteiger charge is 2.46. The molecule has 2 aliphatic rings. The van der Waals surface area contributed by atoms with Crippen LogP contribution in [0.4, 0.5) is 16.2 Å². The molecule has 1 aromatic carbocycles. The van der Waals surface area contributed by atoms with E-state index < -0.39 is 0 Å². The fourth-order valence-electron chi connectivity index (χ4n) is 5.50. The van der Waals surface area contributed by atoms with Gasteiger partial charge in [0.2, 0.25) is 5.95 Å². The summed E-state index contributed by atoms with van der Waals surface area (Å²) in [6.45, 7) is 3.63. The van der Waals surface area contributed by atoms with Crippen LogP contribution in [-0.2, 0) is 6.42 Å². The van der Waals surface area contributed by atoms with E-state index in [9.17, 15) is 4.39 Å². The number of rotatable bonds is 3. The van der Waals surface area contributed by atoms with Gasteiger partial charge in [-0.1, -0.05) is 29.4 Å². The predicted octanol–water partition coefficient (Wildman–Crippen LogP) is 4.80. The Kier molecular flexibility index (Phi) is 5.39. The third-order valence-corrected chi connectivity index (χ3v) is 9.19. The molecule has 0 radical (unpaired) electrons. The number of piperidine rings is 1. The third kappa shape index (κ3) is 3.64. The molecule has 7 nitrogen and oxygen atoms in total. The molecule has 0 amide bonds. The van der Waals surface area contributed by atoms with E-state index in [0.29, 0.717) is 10.8 Å². The van der Waals surface area contributed by atoms with Crippen molar-refractivity contribution in [2.24, 2.45) is 11.1 Å². The van der Waals surface area contributed by atoms with Gasteiger partial charge in [-0.2, -0.15) is 0 Å². The number of imidazole rings is 1. The Morgan fingerprint density at radius 2 is 1.97 bits per heavy atom.